The van der Waals surface area contributed by atoms with Gasteiger partial charge in [0, 0.05) is 33.7 Å². The van der Waals surface area contributed by atoms with Gasteiger partial charge >= 0.3 is 5.69 Å². The van der Waals surface area contributed by atoms with Crippen LogP contribution in [0, 0.1) is 0 Å². The highest BCUT2D eigenvalue weighted by molar-refractivity contribution is 5.71. The van der Waals surface area contributed by atoms with Gasteiger partial charge in [-0.05, 0) is 29.5 Å². The molecule has 0 N–H and O–H groups in total. The Hall–Kier alpha value is -4.23. The molecule has 0 spiro atoms. The van der Waals surface area contributed by atoms with Gasteiger partial charge in [-0.15, -0.1) is 0 Å². The molecule has 0 aliphatic heterocycles. The highest BCUT2D eigenvalue weighted by atomic mass is 16.2. The molecule has 0 aliphatic rings. The summed E-state index contributed by atoms with van der Waals surface area (Å²) in [4.78, 5) is 33.2. The van der Waals surface area contributed by atoms with Crippen molar-refractivity contribution in [3.8, 4) is 0 Å². The maximum absolute atomic E-state index is 13.3. The summed E-state index contributed by atoms with van der Waals surface area (Å²) in [7, 11) is 3.21. The minimum absolute atomic E-state index is 0.306. The number of aryl methyl sites for hydroxylation is 3. The highest BCUT2D eigenvalue weighted by Crippen LogP contribution is 2.18. The first-order valence-electron chi connectivity index (χ1n) is 13.0. The lowest BCUT2D eigenvalue weighted by molar-refractivity contribution is 0.238. The van der Waals surface area contributed by atoms with Crippen LogP contribution in [0.5, 0.6) is 0 Å². The van der Waals surface area contributed by atoms with Crippen LogP contribution in [0.25, 0.3) is 11.2 Å². The molecular formula is C31H33N5O2. The third-order valence-corrected chi connectivity index (χ3v) is 6.98. The predicted molar refractivity (Wildman–Crippen MR) is 151 cm³/mol. The van der Waals surface area contributed by atoms with E-state index >= 15 is 0 Å². The van der Waals surface area contributed by atoms with Crippen molar-refractivity contribution in [2.45, 2.75) is 39.0 Å². The van der Waals surface area contributed by atoms with E-state index in [1.807, 2.05) is 59.2 Å². The van der Waals surface area contributed by atoms with Gasteiger partial charge in [0.2, 0.25) is 0 Å². The van der Waals surface area contributed by atoms with Crippen molar-refractivity contribution in [3.05, 3.63) is 134 Å². The molecule has 7 heteroatoms. The largest absolute Gasteiger partial charge is 0.332 e. The van der Waals surface area contributed by atoms with E-state index in [-0.39, 0.29) is 11.2 Å². The van der Waals surface area contributed by atoms with Gasteiger partial charge in [-0.3, -0.25) is 18.8 Å². The summed E-state index contributed by atoms with van der Waals surface area (Å²) in [5.41, 5.74) is 3.92. The fourth-order valence-corrected chi connectivity index (χ4v) is 4.99. The van der Waals surface area contributed by atoms with E-state index < -0.39 is 0 Å². The smallest absolute Gasteiger partial charge is 0.321 e. The normalized spacial score (nSPS) is 11.4. The van der Waals surface area contributed by atoms with Gasteiger partial charge in [0.15, 0.2) is 11.2 Å². The second-order valence-corrected chi connectivity index (χ2v) is 9.76. The zero-order chi connectivity index (χ0) is 26.5. The van der Waals surface area contributed by atoms with Gasteiger partial charge in [0.25, 0.3) is 5.56 Å². The summed E-state index contributed by atoms with van der Waals surface area (Å²) >= 11 is 0. The van der Waals surface area contributed by atoms with E-state index in [9.17, 15) is 9.59 Å². The molecule has 38 heavy (non-hydrogen) atoms. The third kappa shape index (κ3) is 5.53. The van der Waals surface area contributed by atoms with Crippen molar-refractivity contribution in [1.82, 2.24) is 23.6 Å². The van der Waals surface area contributed by atoms with Crippen LogP contribution in [-0.2, 0) is 46.7 Å². The maximum Gasteiger partial charge on any atom is 0.332 e. The Balaban J connectivity index is 1.53. The topological polar surface area (TPSA) is 65.1 Å². The molecule has 0 radical (unpaired) electrons. The molecule has 7 nitrogen and oxygen atoms in total. The standard InChI is InChI=1S/C31H33N5O2/c1-33-29-28(30(37)34(2)31(33)38)36(20-12-19-24-13-6-3-7-14-24)27(32-29)23-35(21-25-15-8-4-9-16-25)22-26-17-10-5-11-18-26/h3-11,13-18H,12,19-23H2,1-2H3. The van der Waals surface area contributed by atoms with Crippen LogP contribution in [0.1, 0.15) is 28.9 Å². The van der Waals surface area contributed by atoms with E-state index in [4.69, 9.17) is 4.98 Å². The Morgan fingerprint density at radius 2 is 1.21 bits per heavy atom. The zero-order valence-corrected chi connectivity index (χ0v) is 22.0. The van der Waals surface area contributed by atoms with Crippen molar-refractivity contribution < 1.29 is 0 Å². The minimum atomic E-state index is -0.367. The van der Waals surface area contributed by atoms with E-state index in [1.165, 1.54) is 32.9 Å². The van der Waals surface area contributed by atoms with Gasteiger partial charge in [-0.25, -0.2) is 9.78 Å². The number of benzene rings is 3. The van der Waals surface area contributed by atoms with Crippen LogP contribution < -0.4 is 11.2 Å². The Kier molecular flexibility index (Phi) is 7.65. The van der Waals surface area contributed by atoms with Crippen LogP contribution in [0.2, 0.25) is 0 Å². The number of hydrogen-bond donors (Lipinski definition) is 0. The first kappa shape index (κ1) is 25.4. The van der Waals surface area contributed by atoms with Crippen LogP contribution in [-0.4, -0.2) is 23.6 Å². The van der Waals surface area contributed by atoms with Crippen LogP contribution in [0.3, 0.4) is 0 Å². The van der Waals surface area contributed by atoms with Gasteiger partial charge < -0.3 is 4.57 Å². The number of imidazole rings is 1. The van der Waals surface area contributed by atoms with E-state index in [0.29, 0.717) is 24.3 Å². The quantitative estimate of drug-likeness (QED) is 0.283. The van der Waals surface area contributed by atoms with Crippen molar-refractivity contribution in [3.63, 3.8) is 0 Å². The monoisotopic (exact) mass is 507 g/mol. The Morgan fingerprint density at radius 3 is 1.76 bits per heavy atom. The summed E-state index contributed by atoms with van der Waals surface area (Å²) in [5, 5.41) is 0. The summed E-state index contributed by atoms with van der Waals surface area (Å²) in [5.74, 6) is 0.790. The third-order valence-electron chi connectivity index (χ3n) is 6.98. The van der Waals surface area contributed by atoms with Crippen molar-refractivity contribution >= 4 is 11.2 Å². The fourth-order valence-electron chi connectivity index (χ4n) is 4.99. The van der Waals surface area contributed by atoms with Crippen LogP contribution in [0.4, 0.5) is 0 Å². The number of rotatable bonds is 10. The molecule has 5 rings (SSSR count). The molecule has 0 atom stereocenters. The van der Waals surface area contributed by atoms with Crippen molar-refractivity contribution in [2.24, 2.45) is 14.1 Å². The summed E-state index contributed by atoms with van der Waals surface area (Å²) in [6, 6.07) is 31.1. The molecule has 2 heterocycles. The molecule has 0 saturated heterocycles. The fraction of sp³-hybridized carbons (Fsp3) is 0.258. The Labute approximate surface area is 222 Å². The maximum atomic E-state index is 13.3. The minimum Gasteiger partial charge on any atom is -0.321 e. The number of aromatic nitrogens is 4. The molecule has 0 bridgehead atoms. The average molecular weight is 508 g/mol. The van der Waals surface area contributed by atoms with E-state index in [0.717, 1.165) is 31.8 Å². The van der Waals surface area contributed by atoms with Crippen molar-refractivity contribution in [1.29, 1.82) is 0 Å². The summed E-state index contributed by atoms with van der Waals surface area (Å²) in [6.45, 7) is 2.65. The Morgan fingerprint density at radius 1 is 0.684 bits per heavy atom. The SMILES string of the molecule is Cn1c(=O)c2c(nc(CN(Cc3ccccc3)Cc3ccccc3)n2CCCc2ccccc2)n(C)c1=O. The highest BCUT2D eigenvalue weighted by Gasteiger charge is 2.21. The summed E-state index contributed by atoms with van der Waals surface area (Å²) in [6.07, 6.45) is 1.75. The van der Waals surface area contributed by atoms with Gasteiger partial charge in [-0.2, -0.15) is 0 Å². The molecule has 0 unspecified atom stereocenters. The lowest BCUT2D eigenvalue weighted by Gasteiger charge is -2.23. The van der Waals surface area contributed by atoms with Crippen LogP contribution >= 0.6 is 0 Å². The molecule has 5 aromatic rings. The average Bonchev–Trinajstić information content (AvgIpc) is 3.30. The number of hydrogen-bond acceptors (Lipinski definition) is 4. The number of fused-ring (bicyclic) bond motifs is 1. The molecule has 2 aromatic heterocycles. The lowest BCUT2D eigenvalue weighted by atomic mass is 10.1. The molecule has 0 fully saturated rings. The van der Waals surface area contributed by atoms with E-state index in [2.05, 4.69) is 41.3 Å². The molecular weight excluding hydrogens is 474 g/mol. The molecule has 3 aromatic carbocycles. The second-order valence-electron chi connectivity index (χ2n) is 9.76. The van der Waals surface area contributed by atoms with Gasteiger partial charge in [0.1, 0.15) is 5.82 Å². The zero-order valence-electron chi connectivity index (χ0n) is 22.0. The Bertz CT molecular complexity index is 1580. The molecule has 0 aliphatic carbocycles. The first-order chi connectivity index (χ1) is 18.5. The lowest BCUT2D eigenvalue weighted by Crippen LogP contribution is -2.37. The molecule has 194 valence electrons. The summed E-state index contributed by atoms with van der Waals surface area (Å²) < 4.78 is 4.68. The predicted octanol–water partition coefficient (Wildman–Crippen LogP) is 4.27. The number of nitrogens with zero attached hydrogens (tertiary/aromatic N) is 5. The van der Waals surface area contributed by atoms with Gasteiger partial charge in [0.05, 0.1) is 6.54 Å². The first-order valence-corrected chi connectivity index (χ1v) is 13.0. The molecule has 0 amide bonds. The van der Waals surface area contributed by atoms with E-state index in [1.54, 1.807) is 7.05 Å². The van der Waals surface area contributed by atoms with Gasteiger partial charge in [-0.1, -0.05) is 91.0 Å². The van der Waals surface area contributed by atoms with Crippen LogP contribution in [0.15, 0.2) is 101 Å². The molecule has 0 saturated carbocycles. The second kappa shape index (κ2) is 11.4. The van der Waals surface area contributed by atoms with Crippen molar-refractivity contribution in [2.75, 3.05) is 0 Å².